The maximum atomic E-state index is 13.3. The van der Waals surface area contributed by atoms with Gasteiger partial charge in [-0.3, -0.25) is 4.79 Å². The summed E-state index contributed by atoms with van der Waals surface area (Å²) in [5.41, 5.74) is 0.728. The fourth-order valence-corrected chi connectivity index (χ4v) is 4.10. The molecule has 0 radical (unpaired) electrons. The lowest BCUT2D eigenvalue weighted by Crippen LogP contribution is -2.41. The summed E-state index contributed by atoms with van der Waals surface area (Å²) >= 11 is 0. The normalized spacial score (nSPS) is 17.8. The van der Waals surface area contributed by atoms with Crippen molar-refractivity contribution in [2.75, 3.05) is 17.3 Å². The minimum atomic E-state index is -3.37. The number of hydrogen-bond acceptors (Lipinski definition) is 4. The Hall–Kier alpha value is -2.67. The summed E-state index contributed by atoms with van der Waals surface area (Å²) in [7, 11) is -3.37. The molecule has 1 aliphatic heterocycles. The number of sulfone groups is 1. The molecule has 0 saturated carbocycles. The first-order valence-electron chi connectivity index (χ1n) is 8.13. The van der Waals surface area contributed by atoms with Crippen LogP contribution in [-0.2, 0) is 9.84 Å². The molecule has 3 rings (SSSR count). The lowest BCUT2D eigenvalue weighted by Gasteiger charge is -2.28. The van der Waals surface area contributed by atoms with Crippen molar-refractivity contribution in [3.63, 3.8) is 0 Å². The number of para-hydroxylation sites is 1. The third kappa shape index (κ3) is 3.77. The Labute approximate surface area is 151 Å². The van der Waals surface area contributed by atoms with Gasteiger partial charge in [0.1, 0.15) is 11.6 Å². The highest BCUT2D eigenvalue weighted by atomic mass is 32.2. The summed E-state index contributed by atoms with van der Waals surface area (Å²) in [4.78, 5) is 14.6. The van der Waals surface area contributed by atoms with Crippen LogP contribution in [0.25, 0.3) is 0 Å². The first-order valence-corrected chi connectivity index (χ1v) is 9.85. The molecule has 0 aromatic heterocycles. The molecule has 1 atom stereocenters. The van der Waals surface area contributed by atoms with Gasteiger partial charge in [-0.05, 0) is 49.4 Å². The van der Waals surface area contributed by atoms with Gasteiger partial charge in [-0.2, -0.15) is 0 Å². The van der Waals surface area contributed by atoms with E-state index >= 15 is 0 Å². The second-order valence-corrected chi connectivity index (χ2v) is 7.74. The molecule has 2 aromatic rings. The molecule has 0 saturated heterocycles. The number of halogens is 1. The first kappa shape index (κ1) is 18.1. The molecule has 0 N–H and O–H groups in total. The molecule has 2 aromatic carbocycles. The standard InChI is InChI=1S/C19H18FNO4S/c1-2-25-18-6-4-3-5-17(18)19(22)21(15-9-7-14(20)8-10-15)16-11-12-26(23,24)13-16/h3-12,16H,2,13H2,1H3/t16-/m0/s1. The molecule has 1 heterocycles. The molecule has 1 aliphatic rings. The molecule has 0 bridgehead atoms. The second kappa shape index (κ2) is 7.29. The summed E-state index contributed by atoms with van der Waals surface area (Å²) in [5.74, 6) is -0.651. The third-order valence-corrected chi connectivity index (χ3v) is 5.36. The minimum absolute atomic E-state index is 0.215. The molecule has 26 heavy (non-hydrogen) atoms. The molecule has 0 aliphatic carbocycles. The van der Waals surface area contributed by atoms with Crippen LogP contribution in [0.3, 0.4) is 0 Å². The zero-order valence-corrected chi connectivity index (χ0v) is 14.9. The Bertz CT molecular complexity index is 938. The van der Waals surface area contributed by atoms with Crippen LogP contribution < -0.4 is 9.64 Å². The van der Waals surface area contributed by atoms with E-state index in [9.17, 15) is 17.6 Å². The number of ether oxygens (including phenoxy) is 1. The molecule has 0 spiro atoms. The van der Waals surface area contributed by atoms with Gasteiger partial charge in [0, 0.05) is 11.1 Å². The van der Waals surface area contributed by atoms with Gasteiger partial charge in [-0.25, -0.2) is 12.8 Å². The molecule has 0 unspecified atom stereocenters. The van der Waals surface area contributed by atoms with E-state index in [-0.39, 0.29) is 5.75 Å². The fourth-order valence-electron chi connectivity index (χ4n) is 2.84. The topological polar surface area (TPSA) is 63.7 Å². The molecule has 5 nitrogen and oxygen atoms in total. The average Bonchev–Trinajstić information content (AvgIpc) is 2.97. The molecular formula is C19H18FNO4S. The summed E-state index contributed by atoms with van der Waals surface area (Å²) in [6.07, 6.45) is 1.47. The van der Waals surface area contributed by atoms with Crippen molar-refractivity contribution in [2.24, 2.45) is 0 Å². The van der Waals surface area contributed by atoms with E-state index in [1.54, 1.807) is 24.3 Å². The minimum Gasteiger partial charge on any atom is -0.493 e. The van der Waals surface area contributed by atoms with Gasteiger partial charge in [0.15, 0.2) is 9.84 Å². The number of nitrogens with zero attached hydrogens (tertiary/aromatic N) is 1. The van der Waals surface area contributed by atoms with Crippen LogP contribution in [0.15, 0.2) is 60.0 Å². The van der Waals surface area contributed by atoms with Crippen molar-refractivity contribution < 1.29 is 22.3 Å². The van der Waals surface area contributed by atoms with E-state index < -0.39 is 27.6 Å². The maximum Gasteiger partial charge on any atom is 0.262 e. The monoisotopic (exact) mass is 375 g/mol. The van der Waals surface area contributed by atoms with Gasteiger partial charge in [0.2, 0.25) is 0 Å². The second-order valence-electron chi connectivity index (χ2n) is 5.81. The average molecular weight is 375 g/mol. The summed E-state index contributed by atoms with van der Waals surface area (Å²) in [6.45, 7) is 2.20. The Balaban J connectivity index is 2.05. The highest BCUT2D eigenvalue weighted by Crippen LogP contribution is 2.28. The van der Waals surface area contributed by atoms with Crippen LogP contribution in [0.2, 0.25) is 0 Å². The number of carbonyl (C=O) groups is 1. The largest absolute Gasteiger partial charge is 0.493 e. The van der Waals surface area contributed by atoms with Crippen molar-refractivity contribution in [3.8, 4) is 5.75 Å². The third-order valence-electron chi connectivity index (χ3n) is 3.98. The molecule has 7 heteroatoms. The predicted octanol–water partition coefficient (Wildman–Crippen LogP) is 3.18. The number of amides is 1. The smallest absolute Gasteiger partial charge is 0.262 e. The number of rotatable bonds is 5. The Kier molecular flexibility index (Phi) is 5.08. The van der Waals surface area contributed by atoms with Gasteiger partial charge in [-0.1, -0.05) is 12.1 Å². The number of anilines is 1. The van der Waals surface area contributed by atoms with Crippen molar-refractivity contribution in [3.05, 3.63) is 71.4 Å². The number of carbonyl (C=O) groups excluding carboxylic acids is 1. The van der Waals surface area contributed by atoms with Crippen molar-refractivity contribution in [1.82, 2.24) is 0 Å². The summed E-state index contributed by atoms with van der Waals surface area (Å²) in [6, 6.07) is 11.5. The van der Waals surface area contributed by atoms with E-state index in [0.717, 1.165) is 5.41 Å². The zero-order chi connectivity index (χ0) is 18.7. The Morgan fingerprint density at radius 3 is 2.50 bits per heavy atom. The van der Waals surface area contributed by atoms with Crippen molar-refractivity contribution in [2.45, 2.75) is 13.0 Å². The van der Waals surface area contributed by atoms with E-state index in [1.807, 2.05) is 6.92 Å². The van der Waals surface area contributed by atoms with Gasteiger partial charge >= 0.3 is 0 Å². The molecular weight excluding hydrogens is 357 g/mol. The summed E-state index contributed by atoms with van der Waals surface area (Å²) < 4.78 is 42.5. The number of benzene rings is 2. The van der Waals surface area contributed by atoms with Gasteiger partial charge in [-0.15, -0.1) is 0 Å². The highest BCUT2D eigenvalue weighted by Gasteiger charge is 2.33. The number of hydrogen-bond donors (Lipinski definition) is 0. The van der Waals surface area contributed by atoms with E-state index in [4.69, 9.17) is 4.74 Å². The van der Waals surface area contributed by atoms with Crippen LogP contribution in [0, 0.1) is 5.82 Å². The van der Waals surface area contributed by atoms with Crippen LogP contribution >= 0.6 is 0 Å². The Morgan fingerprint density at radius 1 is 1.19 bits per heavy atom. The maximum absolute atomic E-state index is 13.3. The van der Waals surface area contributed by atoms with E-state index in [2.05, 4.69) is 0 Å². The molecule has 0 fully saturated rings. The van der Waals surface area contributed by atoms with Gasteiger partial charge < -0.3 is 9.64 Å². The van der Waals surface area contributed by atoms with Gasteiger partial charge in [0.05, 0.1) is 24.0 Å². The first-order chi connectivity index (χ1) is 12.4. The fraction of sp³-hybridized carbons (Fsp3) is 0.211. The zero-order valence-electron chi connectivity index (χ0n) is 14.1. The van der Waals surface area contributed by atoms with Crippen molar-refractivity contribution in [1.29, 1.82) is 0 Å². The van der Waals surface area contributed by atoms with Crippen LogP contribution in [0.1, 0.15) is 17.3 Å². The lowest BCUT2D eigenvalue weighted by atomic mass is 10.1. The molecule has 136 valence electrons. The highest BCUT2D eigenvalue weighted by molar-refractivity contribution is 7.94. The summed E-state index contributed by atoms with van der Waals surface area (Å²) in [5, 5.41) is 1.11. The van der Waals surface area contributed by atoms with Crippen LogP contribution in [0.5, 0.6) is 5.75 Å². The predicted molar refractivity (Wildman–Crippen MR) is 97.5 cm³/mol. The Morgan fingerprint density at radius 2 is 1.88 bits per heavy atom. The van der Waals surface area contributed by atoms with Crippen LogP contribution in [0.4, 0.5) is 10.1 Å². The van der Waals surface area contributed by atoms with Crippen molar-refractivity contribution >= 4 is 21.4 Å². The van der Waals surface area contributed by atoms with E-state index in [1.165, 1.54) is 35.2 Å². The van der Waals surface area contributed by atoms with Gasteiger partial charge in [0.25, 0.3) is 5.91 Å². The van der Waals surface area contributed by atoms with Crippen LogP contribution in [-0.4, -0.2) is 32.7 Å². The lowest BCUT2D eigenvalue weighted by molar-refractivity contribution is 0.0979. The quantitative estimate of drug-likeness (QED) is 0.805. The molecule has 1 amide bonds. The SMILES string of the molecule is CCOc1ccccc1C(=O)N(c1ccc(F)cc1)[C@H]1C=CS(=O)(=O)C1. The van der Waals surface area contributed by atoms with E-state index in [0.29, 0.717) is 23.6 Å².